The van der Waals surface area contributed by atoms with Crippen LogP contribution >= 0.6 is 0 Å². The van der Waals surface area contributed by atoms with Crippen molar-refractivity contribution in [3.63, 3.8) is 0 Å². The van der Waals surface area contributed by atoms with Crippen molar-refractivity contribution in [1.82, 2.24) is 24.6 Å². The summed E-state index contributed by atoms with van der Waals surface area (Å²) in [5.74, 6) is 1.95. The van der Waals surface area contributed by atoms with E-state index in [1.54, 1.807) is 6.20 Å². The van der Waals surface area contributed by atoms with Crippen LogP contribution < -0.4 is 0 Å². The molecule has 0 aliphatic carbocycles. The molecule has 1 aliphatic rings. The van der Waals surface area contributed by atoms with E-state index in [0.29, 0.717) is 0 Å². The maximum atomic E-state index is 4.37. The molecule has 0 saturated carbocycles. The third-order valence-electron chi connectivity index (χ3n) is 4.00. The first-order valence-corrected chi connectivity index (χ1v) is 7.49. The Bertz CT molecular complexity index is 751. The van der Waals surface area contributed by atoms with E-state index in [4.69, 9.17) is 0 Å². The van der Waals surface area contributed by atoms with Gasteiger partial charge in [-0.25, -0.2) is 0 Å². The van der Waals surface area contributed by atoms with Gasteiger partial charge in [-0.2, -0.15) is 0 Å². The molecule has 4 rings (SSSR count). The van der Waals surface area contributed by atoms with Crippen molar-refractivity contribution < 1.29 is 0 Å². The van der Waals surface area contributed by atoms with Gasteiger partial charge in [-0.05, 0) is 17.7 Å². The van der Waals surface area contributed by atoms with Gasteiger partial charge in [-0.1, -0.05) is 30.3 Å². The zero-order valence-electron chi connectivity index (χ0n) is 12.3. The summed E-state index contributed by atoms with van der Waals surface area (Å²) in [7, 11) is 0. The number of benzene rings is 1. The number of rotatable bonds is 3. The minimum atomic E-state index is 0.835. The highest BCUT2D eigenvalue weighted by molar-refractivity contribution is 5.53. The zero-order chi connectivity index (χ0) is 14.8. The van der Waals surface area contributed by atoms with E-state index < -0.39 is 0 Å². The van der Waals surface area contributed by atoms with Crippen molar-refractivity contribution in [2.75, 3.05) is 6.54 Å². The molecule has 0 unspecified atom stereocenters. The zero-order valence-corrected chi connectivity index (χ0v) is 12.3. The topological polar surface area (TPSA) is 46.8 Å². The van der Waals surface area contributed by atoms with Crippen LogP contribution in [-0.2, 0) is 19.6 Å². The van der Waals surface area contributed by atoms with Gasteiger partial charge in [0.2, 0.25) is 0 Å². The van der Waals surface area contributed by atoms with Crippen LogP contribution in [0.25, 0.3) is 11.4 Å². The van der Waals surface area contributed by atoms with Crippen molar-refractivity contribution in [2.45, 2.75) is 19.6 Å². The van der Waals surface area contributed by atoms with Crippen molar-refractivity contribution in [2.24, 2.45) is 0 Å². The van der Waals surface area contributed by atoms with E-state index in [-0.39, 0.29) is 0 Å². The normalized spacial score (nSPS) is 14.7. The van der Waals surface area contributed by atoms with E-state index in [1.165, 1.54) is 5.56 Å². The van der Waals surface area contributed by atoms with Gasteiger partial charge in [0.1, 0.15) is 5.82 Å². The van der Waals surface area contributed by atoms with Crippen LogP contribution in [0.5, 0.6) is 0 Å². The van der Waals surface area contributed by atoms with Crippen molar-refractivity contribution >= 4 is 0 Å². The van der Waals surface area contributed by atoms with Gasteiger partial charge >= 0.3 is 0 Å². The Labute approximate surface area is 129 Å². The Hall–Kier alpha value is -2.53. The van der Waals surface area contributed by atoms with Crippen LogP contribution in [-0.4, -0.2) is 31.2 Å². The quantitative estimate of drug-likeness (QED) is 0.743. The van der Waals surface area contributed by atoms with E-state index in [1.807, 2.05) is 18.3 Å². The minimum absolute atomic E-state index is 0.835. The summed E-state index contributed by atoms with van der Waals surface area (Å²) in [5, 5.41) is 8.72. The summed E-state index contributed by atoms with van der Waals surface area (Å²) in [6.45, 7) is 3.71. The molecule has 110 valence electrons. The Morgan fingerprint density at radius 2 is 1.86 bits per heavy atom. The number of pyridine rings is 1. The lowest BCUT2D eigenvalue weighted by Crippen LogP contribution is -2.33. The van der Waals surface area contributed by atoms with Gasteiger partial charge in [0.05, 0.1) is 6.54 Å². The molecule has 5 heteroatoms. The average molecular weight is 291 g/mol. The minimum Gasteiger partial charge on any atom is -0.309 e. The second-order valence-electron chi connectivity index (χ2n) is 5.53. The van der Waals surface area contributed by atoms with Crippen molar-refractivity contribution in [1.29, 1.82) is 0 Å². The van der Waals surface area contributed by atoms with Crippen LogP contribution in [0.3, 0.4) is 0 Å². The monoisotopic (exact) mass is 291 g/mol. The molecular weight excluding hydrogens is 274 g/mol. The van der Waals surface area contributed by atoms with E-state index in [2.05, 4.69) is 55.0 Å². The van der Waals surface area contributed by atoms with Gasteiger partial charge < -0.3 is 4.57 Å². The Balaban J connectivity index is 1.54. The average Bonchev–Trinajstić information content (AvgIpc) is 3.00. The summed E-state index contributed by atoms with van der Waals surface area (Å²) in [4.78, 5) is 6.58. The standard InChI is InChI=1S/C17H17N5/c1-2-5-14(6-3-1)12-21-9-10-22-16(13-21)19-20-17(22)15-7-4-8-18-11-15/h1-8,11H,9-10,12-13H2. The summed E-state index contributed by atoms with van der Waals surface area (Å²) in [6, 6.07) is 14.5. The van der Waals surface area contributed by atoms with Crippen molar-refractivity contribution in [3.8, 4) is 11.4 Å². The van der Waals surface area contributed by atoms with Gasteiger partial charge in [0, 0.05) is 37.6 Å². The van der Waals surface area contributed by atoms with Crippen LogP contribution in [0.15, 0.2) is 54.9 Å². The van der Waals surface area contributed by atoms with Gasteiger partial charge in [-0.3, -0.25) is 9.88 Å². The second-order valence-corrected chi connectivity index (χ2v) is 5.53. The predicted octanol–water partition coefficient (Wildman–Crippen LogP) is 2.36. The van der Waals surface area contributed by atoms with Crippen LogP contribution in [0.1, 0.15) is 11.4 Å². The Kier molecular flexibility index (Phi) is 3.40. The largest absolute Gasteiger partial charge is 0.309 e. The maximum Gasteiger partial charge on any atom is 0.165 e. The molecule has 0 bridgehead atoms. The van der Waals surface area contributed by atoms with Gasteiger partial charge in [0.15, 0.2) is 5.82 Å². The third-order valence-corrected chi connectivity index (χ3v) is 4.00. The Morgan fingerprint density at radius 3 is 2.68 bits per heavy atom. The molecule has 5 nitrogen and oxygen atoms in total. The number of fused-ring (bicyclic) bond motifs is 1. The summed E-state index contributed by atoms with van der Waals surface area (Å²) >= 11 is 0. The SMILES string of the molecule is c1ccc(CN2CCn3c(nnc3-c3cccnc3)C2)cc1. The number of aromatic nitrogens is 4. The molecule has 0 N–H and O–H groups in total. The number of hydrogen-bond donors (Lipinski definition) is 0. The molecule has 2 aromatic heterocycles. The number of nitrogens with zero attached hydrogens (tertiary/aromatic N) is 5. The van der Waals surface area contributed by atoms with Crippen LogP contribution in [0.4, 0.5) is 0 Å². The summed E-state index contributed by atoms with van der Waals surface area (Å²) in [5.41, 5.74) is 2.36. The summed E-state index contributed by atoms with van der Waals surface area (Å²) in [6.07, 6.45) is 3.62. The lowest BCUT2D eigenvalue weighted by Gasteiger charge is -2.27. The first kappa shape index (κ1) is 13.2. The Morgan fingerprint density at radius 1 is 0.955 bits per heavy atom. The summed E-state index contributed by atoms with van der Waals surface area (Å²) < 4.78 is 2.21. The lowest BCUT2D eigenvalue weighted by atomic mass is 10.2. The molecule has 0 atom stereocenters. The molecule has 0 fully saturated rings. The maximum absolute atomic E-state index is 4.37. The smallest absolute Gasteiger partial charge is 0.165 e. The van der Waals surface area contributed by atoms with Gasteiger partial charge in [-0.15, -0.1) is 10.2 Å². The van der Waals surface area contributed by atoms with E-state index in [0.717, 1.165) is 43.4 Å². The van der Waals surface area contributed by atoms with E-state index in [9.17, 15) is 0 Å². The van der Waals surface area contributed by atoms with E-state index >= 15 is 0 Å². The fourth-order valence-corrected chi connectivity index (χ4v) is 2.89. The molecule has 0 spiro atoms. The molecule has 22 heavy (non-hydrogen) atoms. The first-order valence-electron chi connectivity index (χ1n) is 7.49. The highest BCUT2D eigenvalue weighted by Gasteiger charge is 2.21. The second kappa shape index (κ2) is 5.69. The van der Waals surface area contributed by atoms with Gasteiger partial charge in [0.25, 0.3) is 0 Å². The molecule has 0 saturated heterocycles. The molecule has 3 heterocycles. The molecule has 1 aliphatic heterocycles. The molecule has 0 radical (unpaired) electrons. The predicted molar refractivity (Wildman–Crippen MR) is 83.8 cm³/mol. The third kappa shape index (κ3) is 2.51. The van der Waals surface area contributed by atoms with Crippen molar-refractivity contribution in [3.05, 3.63) is 66.2 Å². The highest BCUT2D eigenvalue weighted by Crippen LogP contribution is 2.21. The molecule has 0 amide bonds. The van der Waals surface area contributed by atoms with Crippen LogP contribution in [0, 0.1) is 0 Å². The lowest BCUT2D eigenvalue weighted by molar-refractivity contribution is 0.209. The van der Waals surface area contributed by atoms with Crippen LogP contribution in [0.2, 0.25) is 0 Å². The molecule has 1 aromatic carbocycles. The fourth-order valence-electron chi connectivity index (χ4n) is 2.89. The fraction of sp³-hybridized carbons (Fsp3) is 0.235. The molecule has 3 aromatic rings. The first-order chi connectivity index (χ1) is 10.9. The number of hydrogen-bond acceptors (Lipinski definition) is 4. The molecular formula is C17H17N5. The highest BCUT2D eigenvalue weighted by atomic mass is 15.3.